The van der Waals surface area contributed by atoms with Crippen molar-refractivity contribution in [2.75, 3.05) is 56.9 Å². The van der Waals surface area contributed by atoms with E-state index in [0.29, 0.717) is 22.1 Å². The van der Waals surface area contributed by atoms with E-state index < -0.39 is 0 Å². The van der Waals surface area contributed by atoms with Crippen molar-refractivity contribution in [1.82, 2.24) is 14.7 Å². The fourth-order valence-corrected chi connectivity index (χ4v) is 4.37. The van der Waals surface area contributed by atoms with Crippen molar-refractivity contribution < 1.29 is 9.53 Å². The molecular weight excluding hydrogens is 520 g/mol. The minimum Gasteiger partial charge on any atom is -0.496 e. The van der Waals surface area contributed by atoms with E-state index in [9.17, 15) is 4.79 Å². The standard InChI is InChI=1S/C24H30BrClN6O2/c1-30(2)11-6-12-31(3)21-13-16(26)7-9-20(21)29-24(33)28-17-8-10-22(34-5)18(14-17)23-19(25)15-27-32(23)4/h7-10,13-15H,6,11-12H2,1-5H3,(H2,28,29,33). The molecule has 0 aliphatic rings. The Hall–Kier alpha value is -2.75. The van der Waals surface area contributed by atoms with E-state index in [-0.39, 0.29) is 6.03 Å². The third-order valence-electron chi connectivity index (χ3n) is 5.32. The summed E-state index contributed by atoms with van der Waals surface area (Å²) in [7, 11) is 9.55. The number of benzene rings is 2. The molecule has 3 rings (SSSR count). The van der Waals surface area contributed by atoms with Crippen LogP contribution in [0.4, 0.5) is 21.9 Å². The van der Waals surface area contributed by atoms with Gasteiger partial charge in [-0.05, 0) is 79.4 Å². The van der Waals surface area contributed by atoms with Crippen LogP contribution < -0.4 is 20.3 Å². The summed E-state index contributed by atoms with van der Waals surface area (Å²) in [4.78, 5) is 17.1. The molecule has 1 heterocycles. The van der Waals surface area contributed by atoms with Gasteiger partial charge in [-0.15, -0.1) is 0 Å². The highest BCUT2D eigenvalue weighted by molar-refractivity contribution is 9.10. The number of hydrogen-bond acceptors (Lipinski definition) is 5. The molecule has 0 saturated carbocycles. The van der Waals surface area contributed by atoms with Crippen molar-refractivity contribution in [3.8, 4) is 17.0 Å². The molecule has 0 spiro atoms. The predicted octanol–water partition coefficient (Wildman–Crippen LogP) is 5.54. The molecule has 34 heavy (non-hydrogen) atoms. The van der Waals surface area contributed by atoms with Gasteiger partial charge < -0.3 is 25.2 Å². The van der Waals surface area contributed by atoms with Gasteiger partial charge in [-0.1, -0.05) is 11.6 Å². The Kier molecular flexibility index (Phi) is 8.82. The molecule has 0 aliphatic carbocycles. The molecule has 0 fully saturated rings. The van der Waals surface area contributed by atoms with Crippen LogP contribution in [0, 0.1) is 0 Å². The Morgan fingerprint density at radius 2 is 1.91 bits per heavy atom. The number of aryl methyl sites for hydroxylation is 1. The van der Waals surface area contributed by atoms with Crippen LogP contribution in [0.3, 0.4) is 0 Å². The summed E-state index contributed by atoms with van der Waals surface area (Å²) in [5, 5.41) is 10.8. The lowest BCUT2D eigenvalue weighted by atomic mass is 10.1. The normalized spacial score (nSPS) is 10.9. The first-order chi connectivity index (χ1) is 16.2. The summed E-state index contributed by atoms with van der Waals surface area (Å²) in [6.07, 6.45) is 2.71. The van der Waals surface area contributed by atoms with E-state index in [0.717, 1.165) is 40.9 Å². The van der Waals surface area contributed by atoms with E-state index >= 15 is 0 Å². The first-order valence-electron chi connectivity index (χ1n) is 10.8. The lowest BCUT2D eigenvalue weighted by molar-refractivity contribution is 0.262. The van der Waals surface area contributed by atoms with E-state index in [1.54, 1.807) is 30.1 Å². The second kappa shape index (κ2) is 11.6. The summed E-state index contributed by atoms with van der Waals surface area (Å²) in [6.45, 7) is 1.80. The third kappa shape index (κ3) is 6.43. The maximum absolute atomic E-state index is 12.9. The first-order valence-corrected chi connectivity index (χ1v) is 12.0. The Balaban J connectivity index is 1.78. The number of anilines is 3. The highest BCUT2D eigenvalue weighted by Crippen LogP contribution is 2.36. The van der Waals surface area contributed by atoms with Gasteiger partial charge in [0.15, 0.2) is 0 Å². The fraction of sp³-hybridized carbons (Fsp3) is 0.333. The molecule has 0 aliphatic heterocycles. The smallest absolute Gasteiger partial charge is 0.323 e. The Morgan fingerprint density at radius 1 is 1.15 bits per heavy atom. The van der Waals surface area contributed by atoms with Crippen LogP contribution >= 0.6 is 27.5 Å². The molecule has 0 saturated heterocycles. The number of ether oxygens (including phenoxy) is 1. The Morgan fingerprint density at radius 3 is 2.56 bits per heavy atom. The van der Waals surface area contributed by atoms with Crippen LogP contribution in [0.1, 0.15) is 6.42 Å². The van der Waals surface area contributed by atoms with Crippen molar-refractivity contribution in [3.05, 3.63) is 52.1 Å². The third-order valence-corrected chi connectivity index (χ3v) is 6.14. The average Bonchev–Trinajstić information content (AvgIpc) is 3.12. The maximum Gasteiger partial charge on any atom is 0.323 e. The van der Waals surface area contributed by atoms with Gasteiger partial charge in [0.25, 0.3) is 0 Å². The monoisotopic (exact) mass is 548 g/mol. The number of carbonyl (C=O) groups excluding carboxylic acids is 1. The maximum atomic E-state index is 12.9. The molecule has 3 aromatic rings. The van der Waals surface area contributed by atoms with E-state index in [4.69, 9.17) is 16.3 Å². The fourth-order valence-electron chi connectivity index (χ4n) is 3.64. The van der Waals surface area contributed by atoms with Gasteiger partial charge in [-0.3, -0.25) is 4.68 Å². The molecule has 10 heteroatoms. The summed E-state index contributed by atoms with van der Waals surface area (Å²) in [5.74, 6) is 0.676. The Labute approximate surface area is 214 Å². The second-order valence-electron chi connectivity index (χ2n) is 8.20. The lowest BCUT2D eigenvalue weighted by Crippen LogP contribution is -2.26. The predicted molar refractivity (Wildman–Crippen MR) is 143 cm³/mol. The van der Waals surface area contributed by atoms with E-state index in [1.807, 2.05) is 52.5 Å². The van der Waals surface area contributed by atoms with Crippen molar-refractivity contribution in [1.29, 1.82) is 0 Å². The highest BCUT2D eigenvalue weighted by Gasteiger charge is 2.16. The highest BCUT2D eigenvalue weighted by atomic mass is 79.9. The molecular formula is C24H30BrClN6O2. The molecule has 8 nitrogen and oxygen atoms in total. The molecule has 182 valence electrons. The number of urea groups is 1. The number of halogens is 2. The number of hydrogen-bond donors (Lipinski definition) is 2. The summed E-state index contributed by atoms with van der Waals surface area (Å²) >= 11 is 9.78. The van der Waals surface area contributed by atoms with Crippen LogP contribution in [0.5, 0.6) is 5.75 Å². The molecule has 2 aromatic carbocycles. The SMILES string of the molecule is COc1ccc(NC(=O)Nc2ccc(Cl)cc2N(C)CCCN(C)C)cc1-c1c(Br)cnn1C. The molecule has 2 amide bonds. The zero-order valence-electron chi connectivity index (χ0n) is 20.0. The van der Waals surface area contributed by atoms with Crippen molar-refractivity contribution in [2.24, 2.45) is 7.05 Å². The summed E-state index contributed by atoms with van der Waals surface area (Å²) in [5.41, 5.74) is 3.81. The van der Waals surface area contributed by atoms with Gasteiger partial charge in [0.2, 0.25) is 0 Å². The lowest BCUT2D eigenvalue weighted by Gasteiger charge is -2.24. The van der Waals surface area contributed by atoms with Crippen LogP contribution in [0.2, 0.25) is 5.02 Å². The first kappa shape index (κ1) is 25.9. The van der Waals surface area contributed by atoms with E-state index in [2.05, 4.69) is 41.5 Å². The molecule has 0 unspecified atom stereocenters. The van der Waals surface area contributed by atoms with Crippen molar-refractivity contribution in [2.45, 2.75) is 6.42 Å². The minimum absolute atomic E-state index is 0.356. The summed E-state index contributed by atoms with van der Waals surface area (Å²) in [6, 6.07) is 10.5. The zero-order valence-corrected chi connectivity index (χ0v) is 22.4. The molecule has 2 N–H and O–H groups in total. The topological polar surface area (TPSA) is 74.7 Å². The largest absolute Gasteiger partial charge is 0.496 e. The Bertz CT molecular complexity index is 1130. The van der Waals surface area contributed by atoms with Gasteiger partial charge in [0.1, 0.15) is 5.75 Å². The number of aromatic nitrogens is 2. The van der Waals surface area contributed by atoms with Gasteiger partial charge in [0, 0.05) is 36.9 Å². The number of amides is 2. The van der Waals surface area contributed by atoms with Gasteiger partial charge in [0.05, 0.1) is 34.8 Å². The second-order valence-corrected chi connectivity index (χ2v) is 9.49. The quantitative estimate of drug-likeness (QED) is 0.366. The summed E-state index contributed by atoms with van der Waals surface area (Å²) < 4.78 is 8.10. The van der Waals surface area contributed by atoms with Crippen LogP contribution in [-0.2, 0) is 7.05 Å². The van der Waals surface area contributed by atoms with Crippen LogP contribution in [0.15, 0.2) is 47.1 Å². The molecule has 0 atom stereocenters. The van der Waals surface area contributed by atoms with Crippen molar-refractivity contribution >= 4 is 50.6 Å². The van der Waals surface area contributed by atoms with Crippen LogP contribution in [-0.4, -0.2) is 62.1 Å². The van der Waals surface area contributed by atoms with Gasteiger partial charge in [-0.25, -0.2) is 4.79 Å². The zero-order chi connectivity index (χ0) is 24.8. The van der Waals surface area contributed by atoms with Crippen LogP contribution in [0.25, 0.3) is 11.3 Å². The number of carbonyl (C=O) groups is 1. The number of methoxy groups -OCH3 is 1. The minimum atomic E-state index is -0.356. The molecule has 0 bridgehead atoms. The van der Waals surface area contributed by atoms with Crippen molar-refractivity contribution in [3.63, 3.8) is 0 Å². The van der Waals surface area contributed by atoms with E-state index in [1.165, 1.54) is 0 Å². The van der Waals surface area contributed by atoms with Gasteiger partial charge in [-0.2, -0.15) is 5.10 Å². The molecule has 1 aromatic heterocycles. The number of rotatable bonds is 9. The molecule has 0 radical (unpaired) electrons. The average molecular weight is 550 g/mol. The number of nitrogens with one attached hydrogen (secondary N) is 2. The van der Waals surface area contributed by atoms with Gasteiger partial charge >= 0.3 is 6.03 Å². The number of nitrogens with zero attached hydrogens (tertiary/aromatic N) is 4.